The molecule has 8 rings (SSSR count). The third kappa shape index (κ3) is 6.30. The van der Waals surface area contributed by atoms with Gasteiger partial charge in [0.1, 0.15) is 0 Å². The molecule has 52 heavy (non-hydrogen) atoms. The van der Waals surface area contributed by atoms with E-state index in [2.05, 4.69) is 178 Å². The maximum absolute atomic E-state index is 2.62. The number of allylic oxidation sites excluding steroid dienone is 11. The molecule has 0 heterocycles. The van der Waals surface area contributed by atoms with E-state index >= 15 is 0 Å². The zero-order valence-corrected chi connectivity index (χ0v) is 36.8. The fraction of sp³-hybridized carbons (Fsp3) is 0.367. The van der Waals surface area contributed by atoms with Crippen LogP contribution in [0.1, 0.15) is 102 Å². The molecule has 0 bridgehead atoms. The number of benzene rings is 3. The Morgan fingerprint density at radius 1 is 0.692 bits per heavy atom. The van der Waals surface area contributed by atoms with Crippen molar-refractivity contribution in [1.29, 1.82) is 0 Å². The second kappa shape index (κ2) is 15.3. The summed E-state index contributed by atoms with van der Waals surface area (Å²) in [6, 6.07) is 26.7. The molecule has 0 N–H and O–H groups in total. The molecule has 0 aromatic heterocycles. The number of fused-ring (bicyclic) bond motifs is 6. The van der Waals surface area contributed by atoms with Crippen molar-refractivity contribution in [3.8, 4) is 0 Å². The van der Waals surface area contributed by atoms with Crippen molar-refractivity contribution in [2.45, 2.75) is 88.5 Å². The van der Waals surface area contributed by atoms with E-state index in [1.807, 2.05) is 0 Å². The van der Waals surface area contributed by atoms with Crippen molar-refractivity contribution in [1.82, 2.24) is 0 Å². The Morgan fingerprint density at radius 2 is 1.23 bits per heavy atom. The van der Waals surface area contributed by atoms with Gasteiger partial charge in [-0.2, -0.15) is 11.1 Å². The summed E-state index contributed by atoms with van der Waals surface area (Å²) in [4.78, 5) is 0. The summed E-state index contributed by atoms with van der Waals surface area (Å²) in [5, 5.41) is 0. The molecule has 5 aliphatic carbocycles. The smallest absolute Gasteiger partial charge is 1.00 e. The molecule has 2 atom stereocenters. The van der Waals surface area contributed by atoms with Crippen molar-refractivity contribution in [3.63, 3.8) is 0 Å². The van der Waals surface area contributed by atoms with E-state index in [9.17, 15) is 0 Å². The number of aryl methyl sites for hydroxylation is 2. The second-order valence-corrected chi connectivity index (χ2v) is 17.0. The minimum absolute atomic E-state index is 0. The third-order valence-electron chi connectivity index (χ3n) is 14.4. The van der Waals surface area contributed by atoms with Gasteiger partial charge >= 0.3 is 26.2 Å². The Labute approximate surface area is 346 Å². The Bertz CT molecular complexity index is 1930. The van der Waals surface area contributed by atoms with Crippen LogP contribution in [0.3, 0.4) is 0 Å². The topological polar surface area (TPSA) is 0 Å². The summed E-state index contributed by atoms with van der Waals surface area (Å²) < 4.78 is 0. The quantitative estimate of drug-likeness (QED) is 0.241. The number of halogens is 2. The molecule has 3 heteroatoms. The summed E-state index contributed by atoms with van der Waals surface area (Å²) in [7, 11) is 0. The molecular weight excluding hydrogens is 751 g/mol. The minimum atomic E-state index is 0. The van der Waals surface area contributed by atoms with Crippen LogP contribution in [0.25, 0.3) is 11.1 Å². The molecule has 0 aliphatic heterocycles. The zero-order valence-electron chi connectivity index (χ0n) is 32.8. The van der Waals surface area contributed by atoms with E-state index in [0.29, 0.717) is 5.92 Å². The van der Waals surface area contributed by atoms with Crippen LogP contribution in [0.5, 0.6) is 0 Å². The van der Waals surface area contributed by atoms with Crippen LogP contribution >= 0.6 is 0 Å². The van der Waals surface area contributed by atoms with Crippen molar-refractivity contribution in [3.05, 3.63) is 171 Å². The van der Waals surface area contributed by atoms with Crippen molar-refractivity contribution >= 4 is 11.1 Å². The molecule has 5 aliphatic rings. The van der Waals surface area contributed by atoms with Crippen LogP contribution < -0.4 is 24.8 Å². The van der Waals surface area contributed by atoms with Crippen LogP contribution in [0.2, 0.25) is 0 Å². The van der Waals surface area contributed by atoms with Gasteiger partial charge in [-0.1, -0.05) is 197 Å². The number of hydrogen-bond donors (Lipinski definition) is 0. The second-order valence-electron chi connectivity index (χ2n) is 17.0. The molecule has 0 amide bonds. The number of rotatable bonds is 2. The van der Waals surface area contributed by atoms with Crippen LogP contribution in [-0.4, -0.2) is 0 Å². The average molecular weight is 806 g/mol. The fourth-order valence-corrected chi connectivity index (χ4v) is 10.0. The Kier molecular flexibility index (Phi) is 12.4. The third-order valence-corrected chi connectivity index (χ3v) is 14.4. The van der Waals surface area contributed by atoms with Gasteiger partial charge in [0.05, 0.1) is 0 Å². The maximum Gasteiger partial charge on any atom is 3.00 e. The van der Waals surface area contributed by atoms with E-state index in [-0.39, 0.29) is 72.7 Å². The van der Waals surface area contributed by atoms with Crippen LogP contribution in [-0.2, 0) is 32.6 Å². The standard InChI is InChI=1S/C29H37.C20H18.2ClH.Zr/c1-18-25-22-17-19-13-9-10-14-20(19)24(22)21-15-11-12-16-23(21)29(25,8)28(6,7)27(4,5)26(18,2)3;1-15-7-11-18(12-8-15)20(17-5-3-4-6-17)19-13-9-16(2)10-14-19;;;/h9-11,13-15,23H,12,16-17H2,1-8H3;3-14H,1-2H3;2*1H;/q-1;;;;+3/p-2. The number of hydrogen-bond acceptors (Lipinski definition) is 0. The van der Waals surface area contributed by atoms with Gasteiger partial charge in [-0.3, -0.25) is 0 Å². The van der Waals surface area contributed by atoms with Gasteiger partial charge in [-0.05, 0) is 76.7 Å². The van der Waals surface area contributed by atoms with Gasteiger partial charge in [-0.25, -0.2) is 5.92 Å². The van der Waals surface area contributed by atoms with Gasteiger partial charge in [0.2, 0.25) is 0 Å². The maximum atomic E-state index is 2.62. The van der Waals surface area contributed by atoms with Crippen LogP contribution in [0.4, 0.5) is 0 Å². The van der Waals surface area contributed by atoms with Gasteiger partial charge in [0.15, 0.2) is 0 Å². The molecule has 0 spiro atoms. The van der Waals surface area contributed by atoms with Gasteiger partial charge in [0, 0.05) is 0 Å². The van der Waals surface area contributed by atoms with E-state index in [1.54, 1.807) is 28.2 Å². The largest absolute Gasteiger partial charge is 3.00 e. The minimum Gasteiger partial charge on any atom is -1.00 e. The van der Waals surface area contributed by atoms with E-state index in [4.69, 9.17) is 0 Å². The summed E-state index contributed by atoms with van der Waals surface area (Å²) in [5.41, 5.74) is 18.0. The predicted octanol–water partition coefficient (Wildman–Crippen LogP) is 7.20. The molecular formula is C49H55Cl2Zr. The van der Waals surface area contributed by atoms with Crippen molar-refractivity contribution < 1.29 is 51.0 Å². The molecule has 3 aromatic carbocycles. The molecule has 269 valence electrons. The fourth-order valence-electron chi connectivity index (χ4n) is 10.0. The van der Waals surface area contributed by atoms with Crippen molar-refractivity contribution in [2.75, 3.05) is 0 Å². The van der Waals surface area contributed by atoms with Crippen LogP contribution in [0.15, 0.2) is 132 Å². The van der Waals surface area contributed by atoms with E-state index in [1.165, 1.54) is 57.4 Å². The Balaban J connectivity index is 0.000000233. The van der Waals surface area contributed by atoms with Gasteiger partial charge in [0.25, 0.3) is 0 Å². The molecule has 3 aromatic rings. The van der Waals surface area contributed by atoms with Gasteiger partial charge < -0.3 is 24.8 Å². The molecule has 1 radical (unpaired) electrons. The Morgan fingerprint density at radius 3 is 1.79 bits per heavy atom. The zero-order chi connectivity index (χ0) is 34.9. The molecule has 0 nitrogen and oxygen atoms in total. The monoisotopic (exact) mass is 803 g/mol. The molecule has 1 saturated carbocycles. The average Bonchev–Trinajstić information content (AvgIpc) is 3.75. The first-order chi connectivity index (χ1) is 23.2. The molecule has 0 saturated heterocycles. The molecule has 1 fully saturated rings. The summed E-state index contributed by atoms with van der Waals surface area (Å²) >= 11 is 0. The SMILES string of the molecule is C[C-]1C2=C3Cc4ccccc4C3=C3C=CCCC3C2(C)C(C)(C)C(C)(C)C1(C)C.Cc1ccc(C(=C2C=CC=C2)c2ccc(C)cc2)cc1.[Cl-].[Cl-].[Zr+3]. The van der Waals surface area contributed by atoms with Gasteiger partial charge in [-0.15, -0.1) is 6.92 Å². The molecule has 2 unspecified atom stereocenters. The summed E-state index contributed by atoms with van der Waals surface area (Å²) in [6.45, 7) is 24.5. The Hall–Kier alpha value is -2.57. The van der Waals surface area contributed by atoms with E-state index in [0.717, 1.165) is 6.42 Å². The first-order valence-corrected chi connectivity index (χ1v) is 18.5. The van der Waals surface area contributed by atoms with Crippen molar-refractivity contribution in [2.24, 2.45) is 27.6 Å². The first kappa shape index (κ1) is 42.2. The van der Waals surface area contributed by atoms with E-state index < -0.39 is 0 Å². The predicted molar refractivity (Wildman–Crippen MR) is 211 cm³/mol. The summed E-state index contributed by atoms with van der Waals surface area (Å²) in [5.74, 6) is 2.24. The van der Waals surface area contributed by atoms with Crippen LogP contribution in [0, 0.1) is 47.3 Å². The first-order valence-electron chi connectivity index (χ1n) is 18.5. The summed E-state index contributed by atoms with van der Waals surface area (Å²) in [6.07, 6.45) is 17.0. The normalized spacial score (nSPS) is 23.5.